The highest BCUT2D eigenvalue weighted by Crippen LogP contribution is 2.37. The SMILES string of the molecule is Cc1c(-n2nc(-c3cccc4nn(CC(C)c5ccccc5)cc34)c(C(C)C)c2C)ccn2c(C)cnc12. The minimum Gasteiger partial charge on any atom is -0.304 e. The molecule has 0 saturated heterocycles. The number of aromatic nitrogens is 6. The minimum atomic E-state index is 0.319. The van der Waals surface area contributed by atoms with E-state index in [0.29, 0.717) is 11.8 Å². The molecule has 6 aromatic rings. The highest BCUT2D eigenvalue weighted by molar-refractivity contribution is 5.94. The molecule has 0 aliphatic carbocycles. The van der Waals surface area contributed by atoms with E-state index in [1.165, 1.54) is 11.1 Å². The third-order valence-electron chi connectivity index (χ3n) is 7.73. The molecule has 6 rings (SSSR count). The molecule has 2 aromatic carbocycles. The Kier molecular flexibility index (Phi) is 5.90. The maximum absolute atomic E-state index is 5.26. The van der Waals surface area contributed by atoms with Crippen LogP contribution in [-0.4, -0.2) is 28.9 Å². The predicted octanol–water partition coefficient (Wildman–Crippen LogP) is 7.39. The summed E-state index contributed by atoms with van der Waals surface area (Å²) >= 11 is 0. The quantitative estimate of drug-likeness (QED) is 0.239. The Morgan fingerprint density at radius 3 is 2.42 bits per heavy atom. The number of aryl methyl sites for hydroxylation is 2. The van der Waals surface area contributed by atoms with Crippen LogP contribution in [0.25, 0.3) is 33.5 Å². The van der Waals surface area contributed by atoms with Gasteiger partial charge in [0, 0.05) is 64.5 Å². The molecule has 6 nitrogen and oxygen atoms in total. The summed E-state index contributed by atoms with van der Waals surface area (Å²) in [6.07, 6.45) is 6.20. The maximum Gasteiger partial charge on any atom is 0.141 e. The minimum absolute atomic E-state index is 0.319. The topological polar surface area (TPSA) is 52.9 Å². The Balaban J connectivity index is 1.47. The van der Waals surface area contributed by atoms with Gasteiger partial charge in [0.1, 0.15) is 5.65 Å². The van der Waals surface area contributed by atoms with Crippen molar-refractivity contribution < 1.29 is 0 Å². The molecule has 38 heavy (non-hydrogen) atoms. The lowest BCUT2D eigenvalue weighted by Crippen LogP contribution is -2.06. The van der Waals surface area contributed by atoms with E-state index in [1.54, 1.807) is 0 Å². The van der Waals surface area contributed by atoms with Gasteiger partial charge in [-0.05, 0) is 44.4 Å². The molecule has 192 valence electrons. The standard InChI is InChI=1S/C32H34N6/c1-20(2)30-24(6)38(29-15-16-37-22(4)17-33-32(37)23(29)5)35-31(30)26-13-10-14-28-27(26)19-36(34-28)18-21(3)25-11-8-7-9-12-25/h7-17,19-21H,18H2,1-6H3. The van der Waals surface area contributed by atoms with E-state index >= 15 is 0 Å². The third kappa shape index (κ3) is 3.92. The van der Waals surface area contributed by atoms with Crippen LogP contribution in [0.15, 0.2) is 73.2 Å². The Bertz CT molecular complexity index is 1770. The van der Waals surface area contributed by atoms with Gasteiger partial charge in [-0.1, -0.05) is 63.2 Å². The molecule has 0 saturated carbocycles. The number of hydrogen-bond acceptors (Lipinski definition) is 3. The zero-order valence-electron chi connectivity index (χ0n) is 23.0. The van der Waals surface area contributed by atoms with Crippen molar-refractivity contribution in [1.82, 2.24) is 28.9 Å². The molecule has 0 fully saturated rings. The molecule has 0 amide bonds. The summed E-state index contributed by atoms with van der Waals surface area (Å²) in [5, 5.41) is 11.3. The van der Waals surface area contributed by atoms with E-state index in [-0.39, 0.29) is 0 Å². The first-order chi connectivity index (χ1) is 18.3. The summed E-state index contributed by atoms with van der Waals surface area (Å²) in [5.41, 5.74) is 11.2. The summed E-state index contributed by atoms with van der Waals surface area (Å²) in [6, 6.07) is 19.2. The molecule has 0 spiro atoms. The predicted molar refractivity (Wildman–Crippen MR) is 154 cm³/mol. The Hall–Kier alpha value is -4.19. The molecule has 4 heterocycles. The molecule has 0 aliphatic heterocycles. The summed E-state index contributed by atoms with van der Waals surface area (Å²) < 4.78 is 6.32. The highest BCUT2D eigenvalue weighted by atomic mass is 15.3. The first-order valence-corrected chi connectivity index (χ1v) is 13.4. The van der Waals surface area contributed by atoms with Gasteiger partial charge in [-0.25, -0.2) is 9.67 Å². The van der Waals surface area contributed by atoms with Crippen molar-refractivity contribution >= 4 is 16.6 Å². The fourth-order valence-electron chi connectivity index (χ4n) is 5.72. The van der Waals surface area contributed by atoms with Crippen molar-refractivity contribution in [2.45, 2.75) is 59.9 Å². The summed E-state index contributed by atoms with van der Waals surface area (Å²) in [7, 11) is 0. The van der Waals surface area contributed by atoms with Crippen LogP contribution in [-0.2, 0) is 6.54 Å². The molecule has 0 radical (unpaired) electrons. The summed E-state index contributed by atoms with van der Waals surface area (Å²) in [4.78, 5) is 4.66. The van der Waals surface area contributed by atoms with E-state index < -0.39 is 0 Å². The van der Waals surface area contributed by atoms with E-state index in [2.05, 4.69) is 127 Å². The fraction of sp³-hybridized carbons (Fsp3) is 0.281. The lowest BCUT2D eigenvalue weighted by molar-refractivity contribution is 0.547. The van der Waals surface area contributed by atoms with Crippen LogP contribution in [0.1, 0.15) is 60.7 Å². The van der Waals surface area contributed by atoms with Crippen molar-refractivity contribution in [2.24, 2.45) is 0 Å². The van der Waals surface area contributed by atoms with Gasteiger partial charge in [-0.2, -0.15) is 10.2 Å². The second-order valence-corrected chi connectivity index (χ2v) is 10.7. The number of rotatable bonds is 6. The van der Waals surface area contributed by atoms with Gasteiger partial charge in [-0.3, -0.25) is 4.68 Å². The number of pyridine rings is 1. The first kappa shape index (κ1) is 24.2. The van der Waals surface area contributed by atoms with Crippen LogP contribution in [0.4, 0.5) is 0 Å². The normalized spacial score (nSPS) is 12.7. The van der Waals surface area contributed by atoms with Gasteiger partial charge in [0.05, 0.1) is 16.9 Å². The summed E-state index contributed by atoms with van der Waals surface area (Å²) in [6.45, 7) is 14.0. The molecule has 0 bridgehead atoms. The molecule has 1 unspecified atom stereocenters. The molecular formula is C32H34N6. The van der Waals surface area contributed by atoms with Crippen molar-refractivity contribution in [3.8, 4) is 16.9 Å². The Morgan fingerprint density at radius 1 is 0.868 bits per heavy atom. The molecule has 4 aromatic heterocycles. The molecule has 6 heteroatoms. The second-order valence-electron chi connectivity index (χ2n) is 10.7. The van der Waals surface area contributed by atoms with Gasteiger partial charge < -0.3 is 4.40 Å². The molecule has 0 N–H and O–H groups in total. The number of hydrogen-bond donors (Lipinski definition) is 0. The number of fused-ring (bicyclic) bond motifs is 2. The van der Waals surface area contributed by atoms with Crippen LogP contribution in [0.2, 0.25) is 0 Å². The molecule has 0 aliphatic rings. The average molecular weight is 503 g/mol. The van der Waals surface area contributed by atoms with Crippen molar-refractivity contribution in [1.29, 1.82) is 0 Å². The smallest absolute Gasteiger partial charge is 0.141 e. The lowest BCUT2D eigenvalue weighted by atomic mass is 9.95. The number of imidazole rings is 1. The summed E-state index contributed by atoms with van der Waals surface area (Å²) in [5.74, 6) is 0.686. The van der Waals surface area contributed by atoms with Crippen molar-refractivity contribution in [2.75, 3.05) is 0 Å². The van der Waals surface area contributed by atoms with E-state index in [0.717, 1.165) is 57.0 Å². The molecular weight excluding hydrogens is 468 g/mol. The van der Waals surface area contributed by atoms with Crippen LogP contribution in [0.5, 0.6) is 0 Å². The first-order valence-electron chi connectivity index (χ1n) is 13.4. The van der Waals surface area contributed by atoms with Gasteiger partial charge in [-0.15, -0.1) is 0 Å². The second kappa shape index (κ2) is 9.28. The maximum atomic E-state index is 5.26. The largest absolute Gasteiger partial charge is 0.304 e. The third-order valence-corrected chi connectivity index (χ3v) is 7.73. The van der Waals surface area contributed by atoms with Crippen molar-refractivity contribution in [3.63, 3.8) is 0 Å². The zero-order valence-corrected chi connectivity index (χ0v) is 23.0. The van der Waals surface area contributed by atoms with E-state index in [1.807, 2.05) is 6.20 Å². The van der Waals surface area contributed by atoms with Crippen LogP contribution in [0.3, 0.4) is 0 Å². The van der Waals surface area contributed by atoms with E-state index in [4.69, 9.17) is 10.2 Å². The number of nitrogens with zero attached hydrogens (tertiary/aromatic N) is 6. The Labute approximate surface area is 223 Å². The zero-order chi connectivity index (χ0) is 26.6. The average Bonchev–Trinajstić information content (AvgIpc) is 3.59. The monoisotopic (exact) mass is 502 g/mol. The van der Waals surface area contributed by atoms with Gasteiger partial charge in [0.25, 0.3) is 0 Å². The molecule has 1 atom stereocenters. The fourth-order valence-corrected chi connectivity index (χ4v) is 5.72. The van der Waals surface area contributed by atoms with Gasteiger partial charge >= 0.3 is 0 Å². The Morgan fingerprint density at radius 2 is 1.66 bits per heavy atom. The van der Waals surface area contributed by atoms with Gasteiger partial charge in [0.15, 0.2) is 0 Å². The van der Waals surface area contributed by atoms with Crippen LogP contribution >= 0.6 is 0 Å². The van der Waals surface area contributed by atoms with Crippen molar-refractivity contribution in [3.05, 3.63) is 101 Å². The van der Waals surface area contributed by atoms with Crippen LogP contribution in [0, 0.1) is 20.8 Å². The number of benzene rings is 2. The lowest BCUT2D eigenvalue weighted by Gasteiger charge is -2.11. The van der Waals surface area contributed by atoms with E-state index in [9.17, 15) is 0 Å². The van der Waals surface area contributed by atoms with Gasteiger partial charge in [0.2, 0.25) is 0 Å². The van der Waals surface area contributed by atoms with Crippen LogP contribution < -0.4 is 0 Å². The highest BCUT2D eigenvalue weighted by Gasteiger charge is 2.23.